The summed E-state index contributed by atoms with van der Waals surface area (Å²) in [5.74, 6) is 0.110. The Morgan fingerprint density at radius 1 is 1.24 bits per heavy atom. The van der Waals surface area contributed by atoms with E-state index in [1.807, 2.05) is 0 Å². The van der Waals surface area contributed by atoms with Gasteiger partial charge in [0.25, 0.3) is 10.1 Å². The van der Waals surface area contributed by atoms with E-state index in [2.05, 4.69) is 0 Å². The molecular formula is C14H20O6S. The molecule has 2 unspecified atom stereocenters. The maximum atomic E-state index is 12.4. The van der Waals surface area contributed by atoms with E-state index in [1.165, 1.54) is 0 Å². The van der Waals surface area contributed by atoms with Gasteiger partial charge in [-0.3, -0.25) is 14.1 Å². The SMILES string of the molecule is O=C1C2CC3CC1CC(C(=O)OCCCS(=O)(=O)O)(C3)C2. The lowest BCUT2D eigenvalue weighted by Crippen LogP contribution is -2.54. The first kappa shape index (κ1) is 15.0. The summed E-state index contributed by atoms with van der Waals surface area (Å²) in [6.45, 7) is -0.00564. The zero-order valence-corrected chi connectivity index (χ0v) is 12.6. The highest BCUT2D eigenvalue weighted by Gasteiger charge is 2.58. The third-order valence-electron chi connectivity index (χ3n) is 5.21. The van der Waals surface area contributed by atoms with Gasteiger partial charge < -0.3 is 4.74 Å². The van der Waals surface area contributed by atoms with Crippen LogP contribution in [0.3, 0.4) is 0 Å². The number of carbonyl (C=O) groups is 2. The van der Waals surface area contributed by atoms with Gasteiger partial charge in [-0.1, -0.05) is 0 Å². The van der Waals surface area contributed by atoms with Gasteiger partial charge in [0, 0.05) is 11.8 Å². The van der Waals surface area contributed by atoms with Gasteiger partial charge in [0.1, 0.15) is 5.78 Å². The molecular weight excluding hydrogens is 296 g/mol. The summed E-state index contributed by atoms with van der Waals surface area (Å²) < 4.78 is 35.1. The van der Waals surface area contributed by atoms with Crippen LogP contribution in [0.15, 0.2) is 0 Å². The fourth-order valence-electron chi connectivity index (χ4n) is 4.56. The highest BCUT2D eigenvalue weighted by atomic mass is 32.2. The maximum Gasteiger partial charge on any atom is 0.312 e. The van der Waals surface area contributed by atoms with E-state index in [4.69, 9.17) is 9.29 Å². The first-order valence-corrected chi connectivity index (χ1v) is 9.06. The summed E-state index contributed by atoms with van der Waals surface area (Å²) in [5.41, 5.74) is -0.525. The fraction of sp³-hybridized carbons (Fsp3) is 0.857. The first-order valence-electron chi connectivity index (χ1n) is 7.45. The maximum absolute atomic E-state index is 12.4. The predicted octanol–water partition coefficient (Wildman–Crippen LogP) is 1.20. The molecule has 0 aromatic heterocycles. The Kier molecular flexibility index (Phi) is 3.60. The second kappa shape index (κ2) is 5.05. The standard InChI is InChI=1S/C14H20O6S/c15-12-10-4-9-5-11(12)8-14(6-9,7-10)13(16)20-2-1-3-21(17,18)19/h9-11H,1-8H2,(H,17,18,19). The van der Waals surface area contributed by atoms with Gasteiger partial charge in [-0.15, -0.1) is 0 Å². The van der Waals surface area contributed by atoms with Gasteiger partial charge in [-0.25, -0.2) is 0 Å². The van der Waals surface area contributed by atoms with Gasteiger partial charge in [-0.2, -0.15) is 8.42 Å². The minimum absolute atomic E-state index is 0.00564. The molecule has 0 aromatic rings. The molecule has 0 spiro atoms. The molecule has 6 nitrogen and oxygen atoms in total. The zero-order valence-electron chi connectivity index (χ0n) is 11.8. The van der Waals surface area contributed by atoms with E-state index in [1.54, 1.807) is 0 Å². The Morgan fingerprint density at radius 3 is 2.43 bits per heavy atom. The number of hydrogen-bond donors (Lipinski definition) is 1. The summed E-state index contributed by atoms with van der Waals surface area (Å²) >= 11 is 0. The number of carbonyl (C=O) groups excluding carboxylic acids is 2. The normalized spacial score (nSPS) is 37.8. The Balaban J connectivity index is 1.59. The molecule has 21 heavy (non-hydrogen) atoms. The molecule has 4 rings (SSSR count). The number of Topliss-reactive ketones (excluding diaryl/α,β-unsaturated/α-hetero) is 1. The van der Waals surface area contributed by atoms with Gasteiger partial charge in [0.05, 0.1) is 17.8 Å². The first-order chi connectivity index (χ1) is 9.79. The van der Waals surface area contributed by atoms with Crippen molar-refractivity contribution < 1.29 is 27.3 Å². The van der Waals surface area contributed by atoms with E-state index >= 15 is 0 Å². The van der Waals surface area contributed by atoms with Crippen LogP contribution in [0.2, 0.25) is 0 Å². The molecule has 118 valence electrons. The lowest BCUT2D eigenvalue weighted by molar-refractivity contribution is -0.174. The summed E-state index contributed by atoms with van der Waals surface area (Å²) in [6, 6.07) is 0. The molecule has 0 aliphatic heterocycles. The second-order valence-electron chi connectivity index (χ2n) is 6.80. The van der Waals surface area contributed by atoms with E-state index in [0.717, 1.165) is 19.3 Å². The Bertz CT molecular complexity index is 548. The molecule has 0 radical (unpaired) electrons. The molecule has 0 amide bonds. The van der Waals surface area contributed by atoms with Crippen molar-refractivity contribution in [2.75, 3.05) is 12.4 Å². The van der Waals surface area contributed by atoms with Crippen LogP contribution in [0.25, 0.3) is 0 Å². The molecule has 1 N–H and O–H groups in total. The lowest BCUT2D eigenvalue weighted by Gasteiger charge is -2.53. The van der Waals surface area contributed by atoms with Crippen molar-refractivity contribution in [3.8, 4) is 0 Å². The number of esters is 1. The van der Waals surface area contributed by atoms with Crippen LogP contribution in [-0.2, 0) is 24.4 Å². The monoisotopic (exact) mass is 316 g/mol. The van der Waals surface area contributed by atoms with Crippen LogP contribution in [0.1, 0.15) is 38.5 Å². The van der Waals surface area contributed by atoms with Crippen LogP contribution >= 0.6 is 0 Å². The smallest absolute Gasteiger partial charge is 0.312 e. The van der Waals surface area contributed by atoms with Crippen LogP contribution in [-0.4, -0.2) is 37.1 Å². The topological polar surface area (TPSA) is 97.7 Å². The molecule has 2 atom stereocenters. The van der Waals surface area contributed by atoms with Gasteiger partial charge in [0.2, 0.25) is 0 Å². The number of rotatable bonds is 5. The number of ketones is 1. The fourth-order valence-corrected chi connectivity index (χ4v) is 5.04. The highest BCUT2D eigenvalue weighted by Crippen LogP contribution is 2.59. The van der Waals surface area contributed by atoms with Crippen molar-refractivity contribution in [2.45, 2.75) is 38.5 Å². The minimum atomic E-state index is -4.01. The minimum Gasteiger partial charge on any atom is -0.465 e. The molecule has 4 aliphatic rings. The van der Waals surface area contributed by atoms with Crippen molar-refractivity contribution in [1.29, 1.82) is 0 Å². The van der Waals surface area contributed by atoms with E-state index < -0.39 is 21.3 Å². The number of ether oxygens (including phenoxy) is 1. The van der Waals surface area contributed by atoms with E-state index in [-0.39, 0.29) is 30.8 Å². The third kappa shape index (κ3) is 2.85. The largest absolute Gasteiger partial charge is 0.465 e. The molecule has 0 heterocycles. The van der Waals surface area contributed by atoms with Crippen molar-refractivity contribution in [1.82, 2.24) is 0 Å². The molecule has 4 saturated carbocycles. The van der Waals surface area contributed by atoms with E-state index in [0.29, 0.717) is 24.5 Å². The summed E-state index contributed by atoms with van der Waals surface area (Å²) in [6.07, 6.45) is 3.90. The highest BCUT2D eigenvalue weighted by molar-refractivity contribution is 7.85. The van der Waals surface area contributed by atoms with E-state index in [9.17, 15) is 18.0 Å². The molecule has 0 aromatic carbocycles. The molecule has 4 fully saturated rings. The van der Waals surface area contributed by atoms with Crippen LogP contribution in [0.5, 0.6) is 0 Å². The average Bonchev–Trinajstić information content (AvgIpc) is 2.38. The van der Waals surface area contributed by atoms with Gasteiger partial charge in [0.15, 0.2) is 0 Å². The summed E-state index contributed by atoms with van der Waals surface area (Å²) in [5, 5.41) is 0. The van der Waals surface area contributed by atoms with Crippen molar-refractivity contribution in [3.63, 3.8) is 0 Å². The van der Waals surface area contributed by atoms with Crippen molar-refractivity contribution >= 4 is 21.9 Å². The van der Waals surface area contributed by atoms with Crippen molar-refractivity contribution in [2.24, 2.45) is 23.2 Å². The summed E-state index contributed by atoms with van der Waals surface area (Å²) in [7, 11) is -4.01. The third-order valence-corrected chi connectivity index (χ3v) is 6.01. The Morgan fingerprint density at radius 2 is 1.86 bits per heavy atom. The Labute approximate surface area is 124 Å². The summed E-state index contributed by atoms with van der Waals surface area (Å²) in [4.78, 5) is 24.4. The average molecular weight is 316 g/mol. The molecule has 4 aliphatic carbocycles. The number of hydrogen-bond acceptors (Lipinski definition) is 5. The zero-order chi connectivity index (χ0) is 15.3. The van der Waals surface area contributed by atoms with Crippen LogP contribution < -0.4 is 0 Å². The van der Waals surface area contributed by atoms with Crippen LogP contribution in [0.4, 0.5) is 0 Å². The quantitative estimate of drug-likeness (QED) is 0.465. The lowest BCUT2D eigenvalue weighted by atomic mass is 9.49. The molecule has 0 saturated heterocycles. The Hall–Kier alpha value is -0.950. The van der Waals surface area contributed by atoms with Gasteiger partial charge >= 0.3 is 5.97 Å². The van der Waals surface area contributed by atoms with Gasteiger partial charge in [-0.05, 0) is 44.4 Å². The van der Waals surface area contributed by atoms with Crippen molar-refractivity contribution in [3.05, 3.63) is 0 Å². The predicted molar refractivity (Wildman–Crippen MR) is 73.0 cm³/mol. The van der Waals surface area contributed by atoms with Crippen LogP contribution in [0, 0.1) is 23.2 Å². The molecule has 7 heteroatoms. The second-order valence-corrected chi connectivity index (χ2v) is 8.37. The molecule has 4 bridgehead atoms.